The van der Waals surface area contributed by atoms with E-state index >= 15 is 0 Å². The summed E-state index contributed by atoms with van der Waals surface area (Å²) in [6.07, 6.45) is 1.78. The highest BCUT2D eigenvalue weighted by Crippen LogP contribution is 2.24. The van der Waals surface area contributed by atoms with E-state index in [9.17, 15) is 0 Å². The summed E-state index contributed by atoms with van der Waals surface area (Å²) in [5.41, 5.74) is 3.37. The zero-order valence-electron chi connectivity index (χ0n) is 10.5. The molecule has 0 atom stereocenters. The van der Waals surface area contributed by atoms with E-state index in [1.165, 1.54) is 0 Å². The Morgan fingerprint density at radius 1 is 1.53 bits per heavy atom. The summed E-state index contributed by atoms with van der Waals surface area (Å²) in [6.45, 7) is 8.52. The summed E-state index contributed by atoms with van der Waals surface area (Å²) >= 11 is 0. The van der Waals surface area contributed by atoms with Gasteiger partial charge in [0.1, 0.15) is 5.82 Å². The molecule has 94 valence electrons. The second-order valence-corrected chi connectivity index (χ2v) is 4.87. The van der Waals surface area contributed by atoms with Crippen molar-refractivity contribution < 1.29 is 4.74 Å². The molecular weight excluding hydrogens is 218 g/mol. The van der Waals surface area contributed by atoms with Gasteiger partial charge in [0.2, 0.25) is 5.95 Å². The Morgan fingerprint density at radius 3 is 2.94 bits per heavy atom. The third kappa shape index (κ3) is 2.65. The van der Waals surface area contributed by atoms with Crippen LogP contribution in [0.2, 0.25) is 0 Å². The predicted octanol–water partition coefficient (Wildman–Crippen LogP) is 0.686. The van der Waals surface area contributed by atoms with Gasteiger partial charge in [-0.1, -0.05) is 0 Å². The highest BCUT2D eigenvalue weighted by atomic mass is 16.5. The molecule has 0 unspecified atom stereocenters. The van der Waals surface area contributed by atoms with E-state index in [0.717, 1.165) is 24.5 Å². The summed E-state index contributed by atoms with van der Waals surface area (Å²) in [5.74, 6) is 6.69. The average molecular weight is 237 g/mol. The number of hydrogen-bond donors (Lipinski definition) is 2. The molecule has 3 N–H and O–H groups in total. The first kappa shape index (κ1) is 12.1. The Morgan fingerprint density at radius 2 is 2.29 bits per heavy atom. The highest BCUT2D eigenvalue weighted by Gasteiger charge is 2.28. The molecule has 1 aromatic rings. The van der Waals surface area contributed by atoms with Crippen molar-refractivity contribution in [3.05, 3.63) is 11.8 Å². The number of ether oxygens (including phenoxy) is 1. The Hall–Kier alpha value is -1.40. The molecule has 6 heteroatoms. The molecule has 0 bridgehead atoms. The molecule has 0 amide bonds. The first-order valence-electron chi connectivity index (χ1n) is 5.71. The van der Waals surface area contributed by atoms with Crippen LogP contribution in [0.25, 0.3) is 0 Å². The minimum absolute atomic E-state index is 0.147. The summed E-state index contributed by atoms with van der Waals surface area (Å²) in [4.78, 5) is 10.7. The molecule has 17 heavy (non-hydrogen) atoms. The highest BCUT2D eigenvalue weighted by molar-refractivity contribution is 5.49. The Labute approximate surface area is 101 Å². The van der Waals surface area contributed by atoms with Crippen LogP contribution >= 0.6 is 0 Å². The molecule has 0 aromatic carbocycles. The van der Waals surface area contributed by atoms with E-state index < -0.39 is 0 Å². The maximum Gasteiger partial charge on any atom is 0.239 e. The molecule has 0 aliphatic carbocycles. The van der Waals surface area contributed by atoms with Crippen LogP contribution in [0.4, 0.5) is 11.8 Å². The van der Waals surface area contributed by atoms with Gasteiger partial charge in [0.05, 0.1) is 12.2 Å². The van der Waals surface area contributed by atoms with Gasteiger partial charge < -0.3 is 9.64 Å². The first-order chi connectivity index (χ1) is 8.02. The number of rotatable bonds is 2. The lowest BCUT2D eigenvalue weighted by molar-refractivity contribution is -0.0279. The number of nitrogens with zero attached hydrogens (tertiary/aromatic N) is 3. The van der Waals surface area contributed by atoms with E-state index in [1.54, 1.807) is 6.20 Å². The van der Waals surface area contributed by atoms with Crippen molar-refractivity contribution in [1.29, 1.82) is 0 Å². The summed E-state index contributed by atoms with van der Waals surface area (Å²) in [5, 5.41) is 0. The fourth-order valence-electron chi connectivity index (χ4n) is 2.02. The van der Waals surface area contributed by atoms with Gasteiger partial charge in [-0.05, 0) is 20.8 Å². The van der Waals surface area contributed by atoms with E-state index in [1.807, 2.05) is 6.92 Å². The predicted molar refractivity (Wildman–Crippen MR) is 66.8 cm³/mol. The van der Waals surface area contributed by atoms with Crippen LogP contribution in [0.15, 0.2) is 6.20 Å². The maximum absolute atomic E-state index is 5.69. The lowest BCUT2D eigenvalue weighted by atomic mass is 10.1. The Balaban J connectivity index is 2.26. The van der Waals surface area contributed by atoms with E-state index in [-0.39, 0.29) is 5.60 Å². The van der Waals surface area contributed by atoms with Crippen molar-refractivity contribution in [3.8, 4) is 0 Å². The lowest BCUT2D eigenvalue weighted by Gasteiger charge is -2.39. The van der Waals surface area contributed by atoms with Gasteiger partial charge in [0.25, 0.3) is 0 Å². The average Bonchev–Trinajstić information content (AvgIpc) is 2.28. The largest absolute Gasteiger partial charge is 0.372 e. The van der Waals surface area contributed by atoms with Gasteiger partial charge in [0.15, 0.2) is 0 Å². The number of anilines is 2. The summed E-state index contributed by atoms with van der Waals surface area (Å²) in [7, 11) is 0. The SMILES string of the molecule is Cc1cnc(NN)nc1N1CCOC(C)(C)C1. The van der Waals surface area contributed by atoms with Crippen LogP contribution in [0.1, 0.15) is 19.4 Å². The minimum Gasteiger partial charge on any atom is -0.372 e. The Kier molecular flexibility index (Phi) is 3.17. The van der Waals surface area contributed by atoms with Crippen molar-refractivity contribution in [2.45, 2.75) is 26.4 Å². The van der Waals surface area contributed by atoms with Crippen molar-refractivity contribution in [2.24, 2.45) is 5.84 Å². The molecule has 2 heterocycles. The molecule has 1 aromatic heterocycles. The first-order valence-corrected chi connectivity index (χ1v) is 5.71. The van der Waals surface area contributed by atoms with E-state index in [0.29, 0.717) is 12.6 Å². The molecule has 6 nitrogen and oxygen atoms in total. The number of nitrogen functional groups attached to an aromatic ring is 1. The van der Waals surface area contributed by atoms with Gasteiger partial charge in [-0.2, -0.15) is 4.98 Å². The van der Waals surface area contributed by atoms with Crippen molar-refractivity contribution in [2.75, 3.05) is 30.0 Å². The van der Waals surface area contributed by atoms with Crippen LogP contribution in [-0.4, -0.2) is 35.3 Å². The van der Waals surface area contributed by atoms with Gasteiger partial charge in [-0.25, -0.2) is 10.8 Å². The molecule has 1 saturated heterocycles. The number of hydrogen-bond acceptors (Lipinski definition) is 6. The fraction of sp³-hybridized carbons (Fsp3) is 0.636. The van der Waals surface area contributed by atoms with E-state index in [4.69, 9.17) is 10.6 Å². The number of nitrogens with one attached hydrogen (secondary N) is 1. The lowest BCUT2D eigenvalue weighted by Crippen LogP contribution is -2.49. The molecule has 0 radical (unpaired) electrons. The second kappa shape index (κ2) is 4.46. The summed E-state index contributed by atoms with van der Waals surface area (Å²) < 4.78 is 5.69. The standard InChI is InChI=1S/C11H19N5O/c1-8-6-13-10(15-12)14-9(8)16-4-5-17-11(2,3)7-16/h6H,4-5,7,12H2,1-3H3,(H,13,14,15). The quantitative estimate of drug-likeness (QED) is 0.582. The van der Waals surface area contributed by atoms with Gasteiger partial charge >= 0.3 is 0 Å². The molecule has 0 saturated carbocycles. The summed E-state index contributed by atoms with van der Waals surface area (Å²) in [6, 6.07) is 0. The van der Waals surface area contributed by atoms with Crippen LogP contribution in [0.3, 0.4) is 0 Å². The maximum atomic E-state index is 5.69. The third-order valence-corrected chi connectivity index (χ3v) is 2.80. The molecule has 2 rings (SSSR count). The monoisotopic (exact) mass is 237 g/mol. The fourth-order valence-corrected chi connectivity index (χ4v) is 2.02. The van der Waals surface area contributed by atoms with Gasteiger partial charge in [0, 0.05) is 24.8 Å². The second-order valence-electron chi connectivity index (χ2n) is 4.87. The number of nitrogens with two attached hydrogens (primary N) is 1. The van der Waals surface area contributed by atoms with Gasteiger partial charge in [-0.3, -0.25) is 5.43 Å². The Bertz CT molecular complexity index is 407. The number of aryl methyl sites for hydroxylation is 1. The normalized spacial score (nSPS) is 19.2. The van der Waals surface area contributed by atoms with Crippen LogP contribution in [0.5, 0.6) is 0 Å². The van der Waals surface area contributed by atoms with Crippen LogP contribution in [-0.2, 0) is 4.74 Å². The smallest absolute Gasteiger partial charge is 0.239 e. The zero-order chi connectivity index (χ0) is 12.5. The van der Waals surface area contributed by atoms with Crippen LogP contribution < -0.4 is 16.2 Å². The number of morpholine rings is 1. The van der Waals surface area contributed by atoms with Crippen molar-refractivity contribution in [3.63, 3.8) is 0 Å². The topological polar surface area (TPSA) is 76.3 Å². The number of aromatic nitrogens is 2. The molecule has 1 aliphatic heterocycles. The number of hydrazine groups is 1. The van der Waals surface area contributed by atoms with Gasteiger partial charge in [-0.15, -0.1) is 0 Å². The minimum atomic E-state index is -0.147. The van der Waals surface area contributed by atoms with E-state index in [2.05, 4.69) is 34.1 Å². The zero-order valence-corrected chi connectivity index (χ0v) is 10.5. The molecule has 0 spiro atoms. The molecular formula is C11H19N5O. The molecule has 1 aliphatic rings. The third-order valence-electron chi connectivity index (χ3n) is 2.80. The van der Waals surface area contributed by atoms with Crippen molar-refractivity contribution >= 4 is 11.8 Å². The van der Waals surface area contributed by atoms with Crippen LogP contribution in [0, 0.1) is 6.92 Å². The van der Waals surface area contributed by atoms with Crippen molar-refractivity contribution in [1.82, 2.24) is 9.97 Å². The molecule has 1 fully saturated rings.